The summed E-state index contributed by atoms with van der Waals surface area (Å²) >= 11 is 0. The minimum atomic E-state index is -0.812. The highest BCUT2D eigenvalue weighted by molar-refractivity contribution is 5.32. The normalized spacial score (nSPS) is 35.7. The molecule has 3 unspecified atom stereocenters. The predicted octanol–water partition coefficient (Wildman–Crippen LogP) is 1.35. The number of benzene rings is 1. The van der Waals surface area contributed by atoms with Gasteiger partial charge in [-0.05, 0) is 38.0 Å². The molecule has 1 fully saturated rings. The minimum absolute atomic E-state index is 0.0389. The second-order valence-electron chi connectivity index (χ2n) is 4.46. The van der Waals surface area contributed by atoms with Crippen LogP contribution in [0.15, 0.2) is 24.3 Å². The molecule has 0 bridgehead atoms. The number of aromatic hydroxyl groups is 1. The van der Waals surface area contributed by atoms with Gasteiger partial charge in [-0.3, -0.25) is 0 Å². The van der Waals surface area contributed by atoms with Crippen LogP contribution in [-0.2, 0) is 5.60 Å². The van der Waals surface area contributed by atoms with Crippen molar-refractivity contribution in [2.45, 2.75) is 38.0 Å². The molecule has 82 valence electrons. The highest BCUT2D eigenvalue weighted by Crippen LogP contribution is 2.35. The van der Waals surface area contributed by atoms with Crippen molar-refractivity contribution in [3.05, 3.63) is 29.8 Å². The number of hydrogen-bond acceptors (Lipinski definition) is 3. The van der Waals surface area contributed by atoms with E-state index in [4.69, 9.17) is 0 Å². The summed E-state index contributed by atoms with van der Waals surface area (Å²) in [5.74, 6) is 0.231. The lowest BCUT2D eigenvalue weighted by atomic mass is 9.86. The Labute approximate surface area is 89.8 Å². The third-order valence-corrected chi connectivity index (χ3v) is 3.24. The lowest BCUT2D eigenvalue weighted by Crippen LogP contribution is -2.38. The van der Waals surface area contributed by atoms with Crippen LogP contribution in [0.25, 0.3) is 0 Å². The summed E-state index contributed by atoms with van der Waals surface area (Å²) in [7, 11) is 0. The molecule has 15 heavy (non-hydrogen) atoms. The van der Waals surface area contributed by atoms with Gasteiger partial charge in [0.15, 0.2) is 0 Å². The van der Waals surface area contributed by atoms with Crippen molar-refractivity contribution in [3.63, 3.8) is 0 Å². The Morgan fingerprint density at radius 1 is 1.27 bits per heavy atom. The van der Waals surface area contributed by atoms with Gasteiger partial charge in [-0.2, -0.15) is 0 Å². The lowest BCUT2D eigenvalue weighted by Gasteiger charge is -2.27. The summed E-state index contributed by atoms with van der Waals surface area (Å²) in [4.78, 5) is 0. The van der Waals surface area contributed by atoms with Crippen LogP contribution >= 0.6 is 0 Å². The fraction of sp³-hybridized carbons (Fsp3) is 0.500. The highest BCUT2D eigenvalue weighted by atomic mass is 16.3. The van der Waals surface area contributed by atoms with Crippen molar-refractivity contribution in [2.75, 3.05) is 0 Å². The molecule has 3 N–H and O–H groups in total. The molecule has 1 aromatic rings. The number of rotatable bonds is 1. The van der Waals surface area contributed by atoms with E-state index in [1.165, 1.54) is 0 Å². The first-order chi connectivity index (χ1) is 7.02. The minimum Gasteiger partial charge on any atom is -0.508 e. The third kappa shape index (κ3) is 1.73. The van der Waals surface area contributed by atoms with Crippen LogP contribution in [0.4, 0.5) is 0 Å². The molecule has 1 aromatic carbocycles. The maximum atomic E-state index is 10.5. The Balaban J connectivity index is 2.33. The van der Waals surface area contributed by atoms with Crippen LogP contribution < -0.4 is 5.32 Å². The van der Waals surface area contributed by atoms with Gasteiger partial charge in [-0.1, -0.05) is 12.1 Å². The second kappa shape index (κ2) is 3.51. The van der Waals surface area contributed by atoms with Crippen LogP contribution in [0.5, 0.6) is 5.75 Å². The molecule has 0 spiro atoms. The topological polar surface area (TPSA) is 52.5 Å². The van der Waals surface area contributed by atoms with E-state index in [9.17, 15) is 10.2 Å². The van der Waals surface area contributed by atoms with Gasteiger partial charge in [0, 0.05) is 12.1 Å². The Kier molecular flexibility index (Phi) is 2.44. The van der Waals surface area contributed by atoms with E-state index in [-0.39, 0.29) is 11.8 Å². The van der Waals surface area contributed by atoms with E-state index in [0.717, 1.165) is 5.56 Å². The van der Waals surface area contributed by atoms with Crippen LogP contribution in [-0.4, -0.2) is 22.3 Å². The summed E-state index contributed by atoms with van der Waals surface area (Å²) in [6.45, 7) is 4.05. The first-order valence-corrected chi connectivity index (χ1v) is 5.30. The smallest absolute Gasteiger partial charge is 0.115 e. The van der Waals surface area contributed by atoms with Crippen LogP contribution in [0, 0.1) is 0 Å². The Morgan fingerprint density at radius 2 is 1.87 bits per heavy atom. The third-order valence-electron chi connectivity index (χ3n) is 3.24. The van der Waals surface area contributed by atoms with E-state index in [1.807, 2.05) is 6.92 Å². The van der Waals surface area contributed by atoms with E-state index >= 15 is 0 Å². The fourth-order valence-electron chi connectivity index (χ4n) is 2.39. The first kappa shape index (κ1) is 10.5. The van der Waals surface area contributed by atoms with Gasteiger partial charge in [-0.15, -0.1) is 0 Å². The molecule has 3 atom stereocenters. The zero-order chi connectivity index (χ0) is 11.1. The molecule has 0 radical (unpaired) electrons. The van der Waals surface area contributed by atoms with Crippen molar-refractivity contribution in [1.29, 1.82) is 0 Å². The Bertz CT molecular complexity index is 349. The van der Waals surface area contributed by atoms with E-state index in [2.05, 4.69) is 12.2 Å². The number of aliphatic hydroxyl groups is 1. The maximum Gasteiger partial charge on any atom is 0.115 e. The zero-order valence-corrected chi connectivity index (χ0v) is 9.07. The average molecular weight is 207 g/mol. The van der Waals surface area contributed by atoms with Gasteiger partial charge in [0.25, 0.3) is 0 Å². The molecule has 3 nitrogen and oxygen atoms in total. The number of nitrogens with one attached hydrogen (secondary N) is 1. The van der Waals surface area contributed by atoms with E-state index in [1.54, 1.807) is 24.3 Å². The summed E-state index contributed by atoms with van der Waals surface area (Å²) < 4.78 is 0. The molecule has 1 saturated heterocycles. The number of phenolic OH excluding ortho intramolecular Hbond substituents is 1. The van der Waals surface area contributed by atoms with Crippen molar-refractivity contribution in [3.8, 4) is 5.75 Å². The molecular formula is C12H17NO2. The summed E-state index contributed by atoms with van der Waals surface area (Å²) in [5, 5.41) is 23.1. The number of phenols is 1. The highest BCUT2D eigenvalue weighted by Gasteiger charge is 2.42. The SMILES string of the molecule is CC1CC(O)(c2ccc(O)cc2)C(C)N1. The van der Waals surface area contributed by atoms with Gasteiger partial charge in [0.05, 0.1) is 0 Å². The molecule has 0 amide bonds. The molecule has 0 saturated carbocycles. The molecule has 0 aromatic heterocycles. The van der Waals surface area contributed by atoms with Gasteiger partial charge >= 0.3 is 0 Å². The Hall–Kier alpha value is -1.06. The molecule has 1 heterocycles. The van der Waals surface area contributed by atoms with Gasteiger partial charge in [-0.25, -0.2) is 0 Å². The quantitative estimate of drug-likeness (QED) is 0.651. The molecule has 0 aliphatic carbocycles. The van der Waals surface area contributed by atoms with Crippen LogP contribution in [0.2, 0.25) is 0 Å². The van der Waals surface area contributed by atoms with Crippen molar-refractivity contribution in [1.82, 2.24) is 5.32 Å². The summed E-state index contributed by atoms with van der Waals surface area (Å²) in [6.07, 6.45) is 0.707. The maximum absolute atomic E-state index is 10.5. The van der Waals surface area contributed by atoms with Gasteiger partial charge < -0.3 is 15.5 Å². The standard InChI is InChI=1S/C12H17NO2/c1-8-7-12(15,9(2)13-8)10-3-5-11(14)6-4-10/h3-6,8-9,13-15H,7H2,1-2H3. The Morgan fingerprint density at radius 3 is 2.33 bits per heavy atom. The van der Waals surface area contributed by atoms with Crippen molar-refractivity contribution >= 4 is 0 Å². The van der Waals surface area contributed by atoms with Gasteiger partial charge in [0.2, 0.25) is 0 Å². The van der Waals surface area contributed by atoms with Crippen LogP contribution in [0.1, 0.15) is 25.8 Å². The van der Waals surface area contributed by atoms with Crippen molar-refractivity contribution < 1.29 is 10.2 Å². The van der Waals surface area contributed by atoms with Crippen LogP contribution in [0.3, 0.4) is 0 Å². The molecule has 1 aliphatic rings. The molecule has 3 heteroatoms. The van der Waals surface area contributed by atoms with Crippen molar-refractivity contribution in [2.24, 2.45) is 0 Å². The first-order valence-electron chi connectivity index (χ1n) is 5.30. The van der Waals surface area contributed by atoms with E-state index < -0.39 is 5.60 Å². The lowest BCUT2D eigenvalue weighted by molar-refractivity contribution is 0.0280. The number of hydrogen-bond donors (Lipinski definition) is 3. The summed E-state index contributed by atoms with van der Waals surface area (Å²) in [5.41, 5.74) is 0.0530. The van der Waals surface area contributed by atoms with E-state index in [0.29, 0.717) is 12.5 Å². The molecule has 2 rings (SSSR count). The molecular weight excluding hydrogens is 190 g/mol. The largest absolute Gasteiger partial charge is 0.508 e. The van der Waals surface area contributed by atoms with Gasteiger partial charge in [0.1, 0.15) is 11.4 Å². The monoisotopic (exact) mass is 207 g/mol. The zero-order valence-electron chi connectivity index (χ0n) is 9.07. The molecule has 1 aliphatic heterocycles. The predicted molar refractivity (Wildman–Crippen MR) is 58.7 cm³/mol. The fourth-order valence-corrected chi connectivity index (χ4v) is 2.39. The second-order valence-corrected chi connectivity index (χ2v) is 4.46. The summed E-state index contributed by atoms with van der Waals surface area (Å²) in [6, 6.07) is 7.15. The average Bonchev–Trinajstić information content (AvgIpc) is 2.42.